The molecule has 4 aromatic rings. The first-order valence-corrected chi connectivity index (χ1v) is 10.7. The van der Waals surface area contributed by atoms with Gasteiger partial charge in [0.25, 0.3) is 0 Å². The number of methoxy groups -OCH3 is 2. The molecule has 0 aliphatic rings. The van der Waals surface area contributed by atoms with Gasteiger partial charge in [0.05, 0.1) is 19.6 Å². The summed E-state index contributed by atoms with van der Waals surface area (Å²) in [5, 5.41) is 6.77. The summed E-state index contributed by atoms with van der Waals surface area (Å²) in [6, 6.07) is 12.6. The minimum absolute atomic E-state index is 0.739. The zero-order valence-electron chi connectivity index (χ0n) is 17.7. The number of aryl methyl sites for hydroxylation is 2. The Balaban J connectivity index is 1.59. The lowest BCUT2D eigenvalue weighted by molar-refractivity contribution is 0.354. The fourth-order valence-electron chi connectivity index (χ4n) is 3.68. The van der Waals surface area contributed by atoms with Crippen molar-refractivity contribution >= 4 is 27.4 Å². The Hall–Kier alpha value is -3.12. The van der Waals surface area contributed by atoms with Crippen LogP contribution in [-0.2, 0) is 6.42 Å². The zero-order chi connectivity index (χ0) is 21.1. The van der Waals surface area contributed by atoms with E-state index in [9.17, 15) is 0 Å². The Labute approximate surface area is 180 Å². The van der Waals surface area contributed by atoms with Crippen LogP contribution in [0.25, 0.3) is 21.3 Å². The Kier molecular flexibility index (Phi) is 5.86. The molecule has 0 saturated heterocycles. The Morgan fingerprint density at radius 1 is 0.933 bits per heavy atom. The summed E-state index contributed by atoms with van der Waals surface area (Å²) >= 11 is 1.65. The van der Waals surface area contributed by atoms with E-state index in [-0.39, 0.29) is 0 Å². The van der Waals surface area contributed by atoms with E-state index < -0.39 is 0 Å². The highest BCUT2D eigenvalue weighted by Gasteiger charge is 2.14. The van der Waals surface area contributed by atoms with Crippen LogP contribution >= 0.6 is 11.3 Å². The van der Waals surface area contributed by atoms with E-state index in [2.05, 4.69) is 58.8 Å². The summed E-state index contributed by atoms with van der Waals surface area (Å²) in [4.78, 5) is 10.0. The first kappa shape index (κ1) is 20.2. The summed E-state index contributed by atoms with van der Waals surface area (Å²) in [6.07, 6.45) is 2.47. The molecule has 2 aromatic heterocycles. The highest BCUT2D eigenvalue weighted by atomic mass is 32.1. The summed E-state index contributed by atoms with van der Waals surface area (Å²) in [5.74, 6) is 2.36. The molecule has 0 radical (unpaired) electrons. The Morgan fingerprint density at radius 3 is 2.53 bits per heavy atom. The van der Waals surface area contributed by atoms with Gasteiger partial charge in [0.15, 0.2) is 11.5 Å². The molecule has 0 aliphatic carbocycles. The van der Waals surface area contributed by atoms with Crippen LogP contribution in [0.2, 0.25) is 0 Å². The van der Waals surface area contributed by atoms with Crippen LogP contribution in [-0.4, -0.2) is 30.7 Å². The standard InChI is InChI=1S/C24H25N3O2S/c1-15-5-7-18(16(2)11-15)19-13-30-24-22(19)23(26-14-27-24)25-10-9-17-6-8-20(28-3)21(12-17)29-4/h5-8,11-14H,9-10H2,1-4H3,(H,25,26,27). The second kappa shape index (κ2) is 8.71. The minimum Gasteiger partial charge on any atom is -0.493 e. The van der Waals surface area contributed by atoms with Crippen molar-refractivity contribution in [3.05, 3.63) is 64.8 Å². The maximum absolute atomic E-state index is 5.41. The number of thiophene rings is 1. The normalized spacial score (nSPS) is 10.9. The molecule has 0 spiro atoms. The van der Waals surface area contributed by atoms with E-state index in [1.54, 1.807) is 31.9 Å². The average molecular weight is 420 g/mol. The molecule has 0 saturated carbocycles. The van der Waals surface area contributed by atoms with Crippen molar-refractivity contribution in [1.29, 1.82) is 0 Å². The first-order valence-electron chi connectivity index (χ1n) is 9.85. The minimum atomic E-state index is 0.739. The topological polar surface area (TPSA) is 56.3 Å². The molecule has 154 valence electrons. The molecule has 5 nitrogen and oxygen atoms in total. The van der Waals surface area contributed by atoms with Gasteiger partial charge in [-0.1, -0.05) is 29.8 Å². The fourth-order valence-corrected chi connectivity index (χ4v) is 4.59. The first-order chi connectivity index (χ1) is 14.6. The van der Waals surface area contributed by atoms with Gasteiger partial charge >= 0.3 is 0 Å². The van der Waals surface area contributed by atoms with Gasteiger partial charge in [-0.15, -0.1) is 11.3 Å². The molecule has 0 bridgehead atoms. The molecule has 0 fully saturated rings. The number of nitrogens with one attached hydrogen (secondary N) is 1. The molecule has 0 atom stereocenters. The third kappa shape index (κ3) is 3.96. The van der Waals surface area contributed by atoms with Crippen LogP contribution in [0.3, 0.4) is 0 Å². The molecule has 4 rings (SSSR count). The van der Waals surface area contributed by atoms with Gasteiger partial charge in [0, 0.05) is 17.5 Å². The van der Waals surface area contributed by atoms with Crippen LogP contribution in [0.15, 0.2) is 48.1 Å². The summed E-state index contributed by atoms with van der Waals surface area (Å²) in [6.45, 7) is 5.02. The lowest BCUT2D eigenvalue weighted by Crippen LogP contribution is -2.07. The van der Waals surface area contributed by atoms with Crippen molar-refractivity contribution in [1.82, 2.24) is 9.97 Å². The summed E-state index contributed by atoms with van der Waals surface area (Å²) < 4.78 is 10.7. The van der Waals surface area contributed by atoms with Crippen LogP contribution in [0.1, 0.15) is 16.7 Å². The van der Waals surface area contributed by atoms with Gasteiger partial charge in [-0.25, -0.2) is 9.97 Å². The van der Waals surface area contributed by atoms with Crippen molar-refractivity contribution in [3.63, 3.8) is 0 Å². The van der Waals surface area contributed by atoms with Crippen molar-refractivity contribution < 1.29 is 9.47 Å². The smallest absolute Gasteiger partial charge is 0.160 e. The van der Waals surface area contributed by atoms with E-state index in [4.69, 9.17) is 9.47 Å². The molecule has 2 aromatic carbocycles. The predicted molar refractivity (Wildman–Crippen MR) is 124 cm³/mol. The molecule has 0 aliphatic heterocycles. The predicted octanol–water partition coefficient (Wildman–Crippen LogP) is 5.65. The highest BCUT2D eigenvalue weighted by molar-refractivity contribution is 7.17. The van der Waals surface area contributed by atoms with Crippen molar-refractivity contribution in [2.45, 2.75) is 20.3 Å². The number of hydrogen-bond acceptors (Lipinski definition) is 6. The summed E-state index contributed by atoms with van der Waals surface area (Å²) in [5.41, 5.74) is 6.10. The van der Waals surface area contributed by atoms with Gasteiger partial charge in [0.1, 0.15) is 17.0 Å². The maximum Gasteiger partial charge on any atom is 0.160 e. The molecule has 1 N–H and O–H groups in total. The number of hydrogen-bond donors (Lipinski definition) is 1. The summed E-state index contributed by atoms with van der Waals surface area (Å²) in [7, 11) is 3.30. The van der Waals surface area contributed by atoms with Crippen molar-refractivity contribution in [2.24, 2.45) is 0 Å². The van der Waals surface area contributed by atoms with Crippen LogP contribution in [0, 0.1) is 13.8 Å². The number of fused-ring (bicyclic) bond motifs is 1. The SMILES string of the molecule is COc1ccc(CCNc2ncnc3scc(-c4ccc(C)cc4C)c23)cc1OC. The highest BCUT2D eigenvalue weighted by Crippen LogP contribution is 2.38. The molecular formula is C24H25N3O2S. The Morgan fingerprint density at radius 2 is 1.77 bits per heavy atom. The fraction of sp³-hybridized carbons (Fsp3) is 0.250. The van der Waals surface area contributed by atoms with Gasteiger partial charge in [-0.2, -0.15) is 0 Å². The second-order valence-corrected chi connectivity index (χ2v) is 8.09. The van der Waals surface area contributed by atoms with E-state index in [1.165, 1.54) is 27.8 Å². The Bertz CT molecular complexity index is 1190. The van der Waals surface area contributed by atoms with Gasteiger partial charge in [-0.3, -0.25) is 0 Å². The van der Waals surface area contributed by atoms with E-state index in [0.717, 1.165) is 40.5 Å². The van der Waals surface area contributed by atoms with Crippen LogP contribution < -0.4 is 14.8 Å². The quantitative estimate of drug-likeness (QED) is 0.420. The number of nitrogens with zero attached hydrogens (tertiary/aromatic N) is 2. The van der Waals surface area contributed by atoms with Crippen LogP contribution in [0.5, 0.6) is 11.5 Å². The van der Waals surface area contributed by atoms with Gasteiger partial charge in [0.2, 0.25) is 0 Å². The van der Waals surface area contributed by atoms with E-state index in [1.807, 2.05) is 12.1 Å². The maximum atomic E-state index is 5.41. The van der Waals surface area contributed by atoms with E-state index >= 15 is 0 Å². The lowest BCUT2D eigenvalue weighted by atomic mass is 9.99. The number of rotatable bonds is 7. The number of anilines is 1. The number of ether oxygens (including phenoxy) is 2. The molecule has 30 heavy (non-hydrogen) atoms. The van der Waals surface area contributed by atoms with Crippen LogP contribution in [0.4, 0.5) is 5.82 Å². The lowest BCUT2D eigenvalue weighted by Gasteiger charge is -2.12. The van der Waals surface area contributed by atoms with Crippen molar-refractivity contribution in [2.75, 3.05) is 26.1 Å². The molecule has 0 unspecified atom stereocenters. The third-order valence-electron chi connectivity index (χ3n) is 5.20. The molecule has 6 heteroatoms. The van der Waals surface area contributed by atoms with Gasteiger partial charge in [-0.05, 0) is 49.1 Å². The van der Waals surface area contributed by atoms with Gasteiger partial charge < -0.3 is 14.8 Å². The molecular weight excluding hydrogens is 394 g/mol. The second-order valence-electron chi connectivity index (χ2n) is 7.24. The van der Waals surface area contributed by atoms with Crippen molar-refractivity contribution in [3.8, 4) is 22.6 Å². The monoisotopic (exact) mass is 419 g/mol. The number of aromatic nitrogens is 2. The van der Waals surface area contributed by atoms with E-state index in [0.29, 0.717) is 0 Å². The third-order valence-corrected chi connectivity index (χ3v) is 6.08. The average Bonchev–Trinajstić information content (AvgIpc) is 3.18. The molecule has 0 amide bonds. The number of benzene rings is 2. The molecule has 2 heterocycles. The largest absolute Gasteiger partial charge is 0.493 e. The zero-order valence-corrected chi connectivity index (χ0v) is 18.5.